The first kappa shape index (κ1) is 16.1. The number of nitrogens with zero attached hydrogens (tertiary/aromatic N) is 1. The van der Waals surface area contributed by atoms with Gasteiger partial charge in [-0.2, -0.15) is 0 Å². The molecule has 0 amide bonds. The third kappa shape index (κ3) is 3.89. The maximum Gasteiger partial charge on any atom is 0.263 e. The number of hydrogen-bond acceptors (Lipinski definition) is 3. The van der Waals surface area contributed by atoms with Gasteiger partial charge in [-0.1, -0.05) is 0 Å². The summed E-state index contributed by atoms with van der Waals surface area (Å²) in [7, 11) is 0. The van der Waals surface area contributed by atoms with E-state index in [1.807, 2.05) is 0 Å². The molecule has 20 heavy (non-hydrogen) atoms. The molecule has 2 fully saturated rings. The Morgan fingerprint density at radius 3 is 2.75 bits per heavy atom. The lowest BCUT2D eigenvalue weighted by atomic mass is 9.80. The summed E-state index contributed by atoms with van der Waals surface area (Å²) in [5.74, 6) is -2.79. The lowest BCUT2D eigenvalue weighted by Gasteiger charge is -2.35. The highest BCUT2D eigenvalue weighted by molar-refractivity contribution is 4.90. The van der Waals surface area contributed by atoms with Crippen LogP contribution in [-0.2, 0) is 4.74 Å². The van der Waals surface area contributed by atoms with Gasteiger partial charge in [-0.05, 0) is 45.4 Å². The molecule has 0 aromatic heterocycles. The minimum atomic E-state index is -2.69. The van der Waals surface area contributed by atoms with Crippen LogP contribution in [0.5, 0.6) is 0 Å². The Kier molecular flexibility index (Phi) is 5.37. The molecule has 2 rings (SSSR count). The highest BCUT2D eigenvalue weighted by Gasteiger charge is 2.44. The monoisotopic (exact) mass is 290 g/mol. The standard InChI is InChI=1S/C15H28F2N2O/c1-11(2)19-8-5-13(10-19)20-9-6-12-4-3-7-15(16,17)14(12)18/h11-14H,3-10,18H2,1-2H3/t12?,13-,14-/m1/s1. The van der Waals surface area contributed by atoms with Crippen LogP contribution in [0.25, 0.3) is 0 Å². The van der Waals surface area contributed by atoms with Gasteiger partial charge in [0.1, 0.15) is 0 Å². The lowest BCUT2D eigenvalue weighted by Crippen LogP contribution is -2.49. The van der Waals surface area contributed by atoms with E-state index in [1.54, 1.807) is 0 Å². The molecule has 118 valence electrons. The summed E-state index contributed by atoms with van der Waals surface area (Å²) in [6.45, 7) is 6.97. The van der Waals surface area contributed by atoms with E-state index in [0.717, 1.165) is 25.9 Å². The molecule has 1 heterocycles. The van der Waals surface area contributed by atoms with Crippen molar-refractivity contribution in [3.63, 3.8) is 0 Å². The molecule has 0 aromatic rings. The van der Waals surface area contributed by atoms with Gasteiger partial charge >= 0.3 is 0 Å². The quantitative estimate of drug-likeness (QED) is 0.846. The van der Waals surface area contributed by atoms with Crippen molar-refractivity contribution in [1.29, 1.82) is 0 Å². The summed E-state index contributed by atoms with van der Waals surface area (Å²) in [5.41, 5.74) is 5.70. The first-order valence-electron chi connectivity index (χ1n) is 7.89. The van der Waals surface area contributed by atoms with Gasteiger partial charge in [-0.15, -0.1) is 0 Å². The van der Waals surface area contributed by atoms with Crippen LogP contribution in [0.15, 0.2) is 0 Å². The summed E-state index contributed by atoms with van der Waals surface area (Å²) in [4.78, 5) is 2.39. The molecule has 5 heteroatoms. The minimum Gasteiger partial charge on any atom is -0.377 e. The molecule has 3 atom stereocenters. The molecular formula is C15H28F2N2O. The maximum atomic E-state index is 13.5. The van der Waals surface area contributed by atoms with Crippen LogP contribution in [0, 0.1) is 5.92 Å². The Hall–Kier alpha value is -0.260. The van der Waals surface area contributed by atoms with E-state index < -0.39 is 12.0 Å². The van der Waals surface area contributed by atoms with Crippen molar-refractivity contribution >= 4 is 0 Å². The fourth-order valence-electron chi connectivity index (χ4n) is 3.36. The van der Waals surface area contributed by atoms with Crippen molar-refractivity contribution in [3.8, 4) is 0 Å². The number of hydrogen-bond donors (Lipinski definition) is 1. The molecule has 0 bridgehead atoms. The average Bonchev–Trinajstić information content (AvgIpc) is 2.83. The number of nitrogens with two attached hydrogens (primary N) is 1. The Morgan fingerprint density at radius 2 is 2.10 bits per heavy atom. The first-order chi connectivity index (χ1) is 9.40. The Morgan fingerprint density at radius 1 is 1.35 bits per heavy atom. The van der Waals surface area contributed by atoms with E-state index in [2.05, 4.69) is 18.7 Å². The van der Waals surface area contributed by atoms with Crippen molar-refractivity contribution in [3.05, 3.63) is 0 Å². The first-order valence-corrected chi connectivity index (χ1v) is 7.89. The molecule has 1 aliphatic carbocycles. The summed E-state index contributed by atoms with van der Waals surface area (Å²) in [5, 5.41) is 0. The number of rotatable bonds is 5. The second kappa shape index (κ2) is 6.67. The van der Waals surface area contributed by atoms with E-state index in [1.165, 1.54) is 0 Å². The minimum absolute atomic E-state index is 0.0580. The van der Waals surface area contributed by atoms with Gasteiger partial charge in [0, 0.05) is 32.2 Å². The van der Waals surface area contributed by atoms with Gasteiger partial charge in [0.05, 0.1) is 12.1 Å². The number of halogens is 2. The average molecular weight is 290 g/mol. The largest absolute Gasteiger partial charge is 0.377 e. The number of likely N-dealkylation sites (tertiary alicyclic amines) is 1. The molecule has 2 N–H and O–H groups in total. The fourth-order valence-corrected chi connectivity index (χ4v) is 3.36. The van der Waals surface area contributed by atoms with Crippen molar-refractivity contribution < 1.29 is 13.5 Å². The molecule has 3 nitrogen and oxygen atoms in total. The molecule has 1 unspecified atom stereocenters. The van der Waals surface area contributed by atoms with Gasteiger partial charge in [-0.3, -0.25) is 4.90 Å². The topological polar surface area (TPSA) is 38.5 Å². The third-order valence-corrected chi connectivity index (χ3v) is 4.83. The second-order valence-corrected chi connectivity index (χ2v) is 6.60. The van der Waals surface area contributed by atoms with Gasteiger partial charge in [0.2, 0.25) is 0 Å². The van der Waals surface area contributed by atoms with E-state index in [9.17, 15) is 8.78 Å². The zero-order valence-corrected chi connectivity index (χ0v) is 12.7. The number of alkyl halides is 2. The second-order valence-electron chi connectivity index (χ2n) is 6.60. The van der Waals surface area contributed by atoms with Crippen LogP contribution in [0.2, 0.25) is 0 Å². The summed E-state index contributed by atoms with van der Waals surface area (Å²) in [6.07, 6.45) is 3.30. The Labute approximate surface area is 120 Å². The summed E-state index contributed by atoms with van der Waals surface area (Å²) < 4.78 is 32.9. The Balaban J connectivity index is 1.69. The van der Waals surface area contributed by atoms with Crippen LogP contribution < -0.4 is 5.73 Å². The van der Waals surface area contributed by atoms with Gasteiger partial charge < -0.3 is 10.5 Å². The van der Waals surface area contributed by atoms with Crippen LogP contribution in [0.3, 0.4) is 0 Å². The van der Waals surface area contributed by atoms with Gasteiger partial charge in [-0.25, -0.2) is 8.78 Å². The van der Waals surface area contributed by atoms with E-state index in [4.69, 9.17) is 10.5 Å². The molecule has 0 spiro atoms. The molecule has 1 saturated heterocycles. The normalized spacial score (nSPS) is 34.8. The van der Waals surface area contributed by atoms with Crippen molar-refractivity contribution in [2.75, 3.05) is 19.7 Å². The molecule has 2 aliphatic rings. The van der Waals surface area contributed by atoms with E-state index in [0.29, 0.717) is 25.5 Å². The van der Waals surface area contributed by atoms with Crippen molar-refractivity contribution in [2.24, 2.45) is 11.7 Å². The van der Waals surface area contributed by atoms with Crippen molar-refractivity contribution in [1.82, 2.24) is 4.90 Å². The smallest absolute Gasteiger partial charge is 0.263 e. The zero-order chi connectivity index (χ0) is 14.8. The van der Waals surface area contributed by atoms with Crippen LogP contribution in [0.1, 0.15) is 46.0 Å². The lowest BCUT2D eigenvalue weighted by molar-refractivity contribution is -0.0777. The fraction of sp³-hybridized carbons (Fsp3) is 1.00. The predicted octanol–water partition coefficient (Wildman–Crippen LogP) is 2.64. The highest BCUT2D eigenvalue weighted by atomic mass is 19.3. The van der Waals surface area contributed by atoms with Gasteiger partial charge in [0.25, 0.3) is 5.92 Å². The van der Waals surface area contributed by atoms with Gasteiger partial charge in [0.15, 0.2) is 0 Å². The molecule has 1 saturated carbocycles. The van der Waals surface area contributed by atoms with E-state index in [-0.39, 0.29) is 18.4 Å². The third-order valence-electron chi connectivity index (χ3n) is 4.83. The van der Waals surface area contributed by atoms with Crippen LogP contribution >= 0.6 is 0 Å². The zero-order valence-electron chi connectivity index (χ0n) is 12.7. The predicted molar refractivity (Wildman–Crippen MR) is 75.9 cm³/mol. The van der Waals surface area contributed by atoms with Crippen LogP contribution in [0.4, 0.5) is 8.78 Å². The molecule has 1 aliphatic heterocycles. The number of ether oxygens (including phenoxy) is 1. The molecule has 0 aromatic carbocycles. The highest BCUT2D eigenvalue weighted by Crippen LogP contribution is 2.37. The SMILES string of the molecule is CC(C)N1CC[C@@H](OCCC2CCCC(F)(F)[C@@H]2N)C1. The maximum absolute atomic E-state index is 13.5. The molecule has 0 radical (unpaired) electrons. The van der Waals surface area contributed by atoms with E-state index >= 15 is 0 Å². The van der Waals surface area contributed by atoms with Crippen molar-refractivity contribution in [2.45, 2.75) is 70.1 Å². The summed E-state index contributed by atoms with van der Waals surface area (Å²) in [6, 6.07) is -0.440. The summed E-state index contributed by atoms with van der Waals surface area (Å²) >= 11 is 0. The molecular weight excluding hydrogens is 262 g/mol. The Bertz CT molecular complexity index is 312. The van der Waals surface area contributed by atoms with Crippen LogP contribution in [-0.4, -0.2) is 48.7 Å².